The van der Waals surface area contributed by atoms with Crippen LogP contribution >= 0.6 is 11.6 Å². The Morgan fingerprint density at radius 2 is 1.86 bits per heavy atom. The summed E-state index contributed by atoms with van der Waals surface area (Å²) in [6, 6.07) is 11.9. The molecule has 0 aliphatic carbocycles. The van der Waals surface area contributed by atoms with E-state index in [4.69, 9.17) is 16.7 Å². The van der Waals surface area contributed by atoms with E-state index in [9.17, 15) is 4.79 Å². The number of carboxylic acid groups (broad SMARTS) is 1. The molecule has 0 spiro atoms. The van der Waals surface area contributed by atoms with E-state index < -0.39 is 5.97 Å². The van der Waals surface area contributed by atoms with Crippen LogP contribution in [-0.2, 0) is 0 Å². The lowest BCUT2D eigenvalue weighted by Gasteiger charge is -2.06. The number of rotatable bonds is 3. The average molecular weight is 301 g/mol. The molecule has 6 nitrogen and oxygen atoms in total. The van der Waals surface area contributed by atoms with Crippen LogP contribution in [0.3, 0.4) is 0 Å². The first-order valence-corrected chi connectivity index (χ1v) is 6.40. The fraction of sp³-hybridized carbons (Fsp3) is 0. The predicted molar refractivity (Wildman–Crippen MR) is 79.0 cm³/mol. The van der Waals surface area contributed by atoms with Crippen molar-refractivity contribution < 1.29 is 9.90 Å². The quantitative estimate of drug-likeness (QED) is 0.772. The third kappa shape index (κ3) is 2.75. The van der Waals surface area contributed by atoms with Gasteiger partial charge in [0.1, 0.15) is 5.52 Å². The highest BCUT2D eigenvalue weighted by atomic mass is 35.5. The first-order valence-electron chi connectivity index (χ1n) is 6.03. The molecule has 1 heterocycles. The van der Waals surface area contributed by atoms with Crippen LogP contribution in [0.5, 0.6) is 0 Å². The van der Waals surface area contributed by atoms with Crippen molar-refractivity contribution >= 4 is 40.2 Å². The van der Waals surface area contributed by atoms with Crippen molar-refractivity contribution in [2.45, 2.75) is 0 Å². The van der Waals surface area contributed by atoms with E-state index in [-0.39, 0.29) is 10.6 Å². The number of fused-ring (bicyclic) bond motifs is 1. The van der Waals surface area contributed by atoms with Gasteiger partial charge < -0.3 is 10.4 Å². The van der Waals surface area contributed by atoms with Gasteiger partial charge in [0, 0.05) is 5.69 Å². The Balaban J connectivity index is 1.91. The molecule has 0 unspecified atom stereocenters. The number of anilines is 2. The Labute approximate surface area is 124 Å². The molecular weight excluding hydrogens is 292 g/mol. The van der Waals surface area contributed by atoms with Crippen LogP contribution in [0.25, 0.3) is 11.0 Å². The highest BCUT2D eigenvalue weighted by molar-refractivity contribution is 6.33. The summed E-state index contributed by atoms with van der Waals surface area (Å²) in [6.45, 7) is 0. The number of nitrogens with zero attached hydrogens (tertiary/aromatic N) is 3. The fourth-order valence-corrected chi connectivity index (χ4v) is 2.09. The lowest BCUT2D eigenvalue weighted by atomic mass is 10.2. The maximum absolute atomic E-state index is 10.9. The SMILES string of the molecule is O=C(O)c1ccc(Nc2nnc3ccccc3n2)cc1Cl. The molecule has 0 atom stereocenters. The molecule has 3 rings (SSSR count). The van der Waals surface area contributed by atoms with Crippen molar-refractivity contribution in [3.8, 4) is 0 Å². The molecule has 0 aliphatic rings. The van der Waals surface area contributed by atoms with Crippen molar-refractivity contribution in [2.75, 3.05) is 5.32 Å². The topological polar surface area (TPSA) is 88.0 Å². The van der Waals surface area contributed by atoms with Gasteiger partial charge in [0.2, 0.25) is 5.95 Å². The smallest absolute Gasteiger partial charge is 0.337 e. The molecule has 0 bridgehead atoms. The number of hydrogen-bond acceptors (Lipinski definition) is 5. The summed E-state index contributed by atoms with van der Waals surface area (Å²) in [5, 5.41) is 20.0. The molecule has 7 heteroatoms. The fourth-order valence-electron chi connectivity index (χ4n) is 1.83. The van der Waals surface area contributed by atoms with Gasteiger partial charge in [-0.1, -0.05) is 23.7 Å². The van der Waals surface area contributed by atoms with E-state index in [1.54, 1.807) is 6.07 Å². The van der Waals surface area contributed by atoms with E-state index in [0.29, 0.717) is 22.7 Å². The summed E-state index contributed by atoms with van der Waals surface area (Å²) in [5.41, 5.74) is 2.03. The normalized spacial score (nSPS) is 10.5. The van der Waals surface area contributed by atoms with Crippen LogP contribution < -0.4 is 5.32 Å². The van der Waals surface area contributed by atoms with Crippen molar-refractivity contribution in [2.24, 2.45) is 0 Å². The summed E-state index contributed by atoms with van der Waals surface area (Å²) in [7, 11) is 0. The first kappa shape index (κ1) is 13.3. The highest BCUT2D eigenvalue weighted by Crippen LogP contribution is 2.23. The van der Waals surface area contributed by atoms with Crippen molar-refractivity contribution in [1.29, 1.82) is 0 Å². The maximum atomic E-state index is 10.9. The lowest BCUT2D eigenvalue weighted by Crippen LogP contribution is -2.01. The molecule has 0 aliphatic heterocycles. The van der Waals surface area contributed by atoms with Crippen molar-refractivity contribution in [3.05, 3.63) is 53.1 Å². The molecule has 2 N–H and O–H groups in total. The number of carboxylic acids is 1. The standard InChI is InChI=1S/C14H9ClN4O2/c15-10-7-8(5-6-9(10)13(20)21)16-14-17-11-3-1-2-4-12(11)18-19-14/h1-7H,(H,20,21)(H,16,17,19). The van der Waals surface area contributed by atoms with Crippen LogP contribution in [0.1, 0.15) is 10.4 Å². The zero-order valence-corrected chi connectivity index (χ0v) is 11.4. The molecule has 0 saturated carbocycles. The maximum Gasteiger partial charge on any atom is 0.337 e. The second kappa shape index (κ2) is 5.34. The van der Waals surface area contributed by atoms with Crippen LogP contribution in [0, 0.1) is 0 Å². The molecule has 3 aromatic rings. The van der Waals surface area contributed by atoms with Gasteiger partial charge in [-0.2, -0.15) is 0 Å². The predicted octanol–water partition coefficient (Wildman–Crippen LogP) is 3.12. The summed E-state index contributed by atoms with van der Waals surface area (Å²) in [6.07, 6.45) is 0. The Morgan fingerprint density at radius 3 is 2.57 bits per heavy atom. The number of carbonyl (C=O) groups is 1. The number of hydrogen-bond donors (Lipinski definition) is 2. The molecule has 104 valence electrons. The minimum absolute atomic E-state index is 0.0415. The largest absolute Gasteiger partial charge is 0.478 e. The summed E-state index contributed by atoms with van der Waals surface area (Å²) in [5.74, 6) is -0.761. The van der Waals surface area contributed by atoms with Gasteiger partial charge in [-0.3, -0.25) is 0 Å². The van der Waals surface area contributed by atoms with Crippen LogP contribution in [0.15, 0.2) is 42.5 Å². The molecule has 0 fully saturated rings. The molecule has 2 aromatic carbocycles. The zero-order valence-electron chi connectivity index (χ0n) is 10.6. The minimum atomic E-state index is -1.07. The number of nitrogens with one attached hydrogen (secondary N) is 1. The third-order valence-corrected chi connectivity index (χ3v) is 3.13. The van der Waals surface area contributed by atoms with Gasteiger partial charge in [0.05, 0.1) is 16.1 Å². The van der Waals surface area contributed by atoms with Crippen LogP contribution in [-0.4, -0.2) is 26.3 Å². The second-order valence-corrected chi connectivity index (χ2v) is 4.66. The summed E-state index contributed by atoms with van der Waals surface area (Å²) in [4.78, 5) is 15.2. The highest BCUT2D eigenvalue weighted by Gasteiger charge is 2.09. The Hall–Kier alpha value is -2.73. The lowest BCUT2D eigenvalue weighted by molar-refractivity contribution is 0.0697. The monoisotopic (exact) mass is 300 g/mol. The summed E-state index contributed by atoms with van der Waals surface area (Å²) >= 11 is 5.91. The van der Waals surface area contributed by atoms with Gasteiger partial charge in [0.25, 0.3) is 0 Å². The molecular formula is C14H9ClN4O2. The Morgan fingerprint density at radius 1 is 1.10 bits per heavy atom. The number of aromatic nitrogens is 3. The van der Waals surface area contributed by atoms with Crippen molar-refractivity contribution in [1.82, 2.24) is 15.2 Å². The van der Waals surface area contributed by atoms with E-state index in [1.807, 2.05) is 24.3 Å². The Kier molecular flexibility index (Phi) is 3.37. The van der Waals surface area contributed by atoms with E-state index >= 15 is 0 Å². The van der Waals surface area contributed by atoms with Crippen LogP contribution in [0.2, 0.25) is 5.02 Å². The molecule has 0 saturated heterocycles. The first-order chi connectivity index (χ1) is 10.1. The number of halogens is 1. The molecule has 0 radical (unpaired) electrons. The van der Waals surface area contributed by atoms with E-state index in [2.05, 4.69) is 20.5 Å². The van der Waals surface area contributed by atoms with Crippen LogP contribution in [0.4, 0.5) is 11.6 Å². The van der Waals surface area contributed by atoms with Gasteiger partial charge >= 0.3 is 5.97 Å². The number of para-hydroxylation sites is 1. The Bertz CT molecular complexity index is 838. The van der Waals surface area contributed by atoms with Crippen molar-refractivity contribution in [3.63, 3.8) is 0 Å². The number of benzene rings is 2. The number of aromatic carboxylic acids is 1. The van der Waals surface area contributed by atoms with Gasteiger partial charge in [-0.15, -0.1) is 10.2 Å². The molecule has 1 aromatic heterocycles. The van der Waals surface area contributed by atoms with E-state index in [0.717, 1.165) is 0 Å². The average Bonchev–Trinajstić information content (AvgIpc) is 2.47. The van der Waals surface area contributed by atoms with Gasteiger partial charge in [0.15, 0.2) is 0 Å². The zero-order chi connectivity index (χ0) is 14.8. The molecule has 0 amide bonds. The van der Waals surface area contributed by atoms with Gasteiger partial charge in [-0.05, 0) is 30.3 Å². The van der Waals surface area contributed by atoms with E-state index in [1.165, 1.54) is 12.1 Å². The minimum Gasteiger partial charge on any atom is -0.478 e. The molecule has 21 heavy (non-hydrogen) atoms. The summed E-state index contributed by atoms with van der Waals surface area (Å²) < 4.78 is 0. The second-order valence-electron chi connectivity index (χ2n) is 4.25. The van der Waals surface area contributed by atoms with Gasteiger partial charge in [-0.25, -0.2) is 9.78 Å². The third-order valence-electron chi connectivity index (χ3n) is 2.82.